The molecular formula is C43H61F2N7O6. The highest BCUT2D eigenvalue weighted by atomic mass is 19.1. The molecule has 8 N–H and O–H groups in total. The molecule has 3 rings (SSSR count). The summed E-state index contributed by atoms with van der Waals surface area (Å²) < 4.78 is 31.3. The number of benzene rings is 2. The van der Waals surface area contributed by atoms with Crippen LogP contribution in [0, 0.1) is 23.0 Å². The summed E-state index contributed by atoms with van der Waals surface area (Å²) in [5, 5.41) is 18.2. The number of nitrogens with one attached hydrogen (secondary N) is 3. The van der Waals surface area contributed by atoms with Crippen LogP contribution in [0.1, 0.15) is 97.9 Å². The summed E-state index contributed by atoms with van der Waals surface area (Å²) in [7, 11) is 0. The van der Waals surface area contributed by atoms with Gasteiger partial charge in [0.15, 0.2) is 0 Å². The smallest absolute Gasteiger partial charge is 0.248 e. The molecule has 1 aromatic heterocycles. The highest BCUT2D eigenvalue weighted by Gasteiger charge is 2.37. The third kappa shape index (κ3) is 13.5. The number of carbonyl (C=O) groups excluding carboxylic acids is 5. The molecule has 0 saturated carbocycles. The molecule has 0 saturated heterocycles. The third-order valence-corrected chi connectivity index (χ3v) is 10.4. The Hall–Kier alpha value is -5.15. The SMILES string of the molecule is CCC(CCCC(=O)N[C@@H](C)C(=O)N[C@@H](C)C(N)=O)C(C)NC(=O)[C@@H](N)CCN(C(=O)CO)[C@@H](c1cc(-c2cc(F)ccc2F)cn1Cc1ccccc1)C(C)(C)C. The van der Waals surface area contributed by atoms with Crippen molar-refractivity contribution < 1.29 is 37.9 Å². The summed E-state index contributed by atoms with van der Waals surface area (Å²) in [6.45, 7) is 12.2. The topological polar surface area (TPSA) is 202 Å². The molecule has 1 heterocycles. The molecular weight excluding hydrogens is 749 g/mol. The third-order valence-electron chi connectivity index (χ3n) is 10.4. The molecule has 5 amide bonds. The Kier molecular flexibility index (Phi) is 17.6. The lowest BCUT2D eigenvalue weighted by molar-refractivity contribution is -0.140. The van der Waals surface area contributed by atoms with E-state index >= 15 is 4.39 Å². The van der Waals surface area contributed by atoms with E-state index in [2.05, 4.69) is 16.0 Å². The highest BCUT2D eigenvalue weighted by molar-refractivity contribution is 5.91. The van der Waals surface area contributed by atoms with E-state index in [-0.39, 0.29) is 42.8 Å². The average molecular weight is 810 g/mol. The molecule has 15 heteroatoms. The first-order valence-corrected chi connectivity index (χ1v) is 19.8. The zero-order valence-electron chi connectivity index (χ0n) is 34.7. The molecule has 318 valence electrons. The number of primary amides is 1. The van der Waals surface area contributed by atoms with Crippen LogP contribution in [0.5, 0.6) is 0 Å². The van der Waals surface area contributed by atoms with E-state index in [1.54, 1.807) is 12.3 Å². The van der Waals surface area contributed by atoms with E-state index < -0.39 is 71.5 Å². The Morgan fingerprint density at radius 2 is 1.57 bits per heavy atom. The van der Waals surface area contributed by atoms with Crippen LogP contribution in [-0.4, -0.2) is 81.4 Å². The van der Waals surface area contributed by atoms with Crippen LogP contribution in [0.2, 0.25) is 0 Å². The van der Waals surface area contributed by atoms with Gasteiger partial charge in [0.1, 0.15) is 30.3 Å². The van der Waals surface area contributed by atoms with Crippen molar-refractivity contribution >= 4 is 29.5 Å². The first kappa shape index (κ1) is 47.2. The highest BCUT2D eigenvalue weighted by Crippen LogP contribution is 2.41. The van der Waals surface area contributed by atoms with Gasteiger partial charge in [-0.15, -0.1) is 0 Å². The van der Waals surface area contributed by atoms with Gasteiger partial charge in [0.2, 0.25) is 29.5 Å². The Balaban J connectivity index is 1.74. The fourth-order valence-corrected chi connectivity index (χ4v) is 7.08. The molecule has 13 nitrogen and oxygen atoms in total. The van der Waals surface area contributed by atoms with E-state index in [0.717, 1.165) is 23.8 Å². The molecule has 0 aliphatic carbocycles. The Morgan fingerprint density at radius 1 is 0.897 bits per heavy atom. The number of hydrogen-bond acceptors (Lipinski definition) is 7. The molecule has 2 aromatic carbocycles. The van der Waals surface area contributed by atoms with Crippen molar-refractivity contribution in [1.29, 1.82) is 0 Å². The lowest BCUT2D eigenvalue weighted by Crippen LogP contribution is -2.50. The van der Waals surface area contributed by atoms with Crippen molar-refractivity contribution in [2.24, 2.45) is 22.8 Å². The standard InChI is InChI=1S/C43H61F2N7O6/c1-8-30(15-12-16-37(54)48-28(4)41(57)50-27(3)40(47)56)26(2)49-42(58)35(46)19-20-52(38(55)25-53)39(43(5,6)7)36-21-31(33-22-32(44)17-18-34(33)45)24-51(36)23-29-13-10-9-11-14-29/h9-11,13-14,17-18,21-22,24,26-28,30,35,39,53H,8,12,15-16,19-20,23,25,46H2,1-7H3,(H2,47,56)(H,48,54)(H,49,58)(H,50,57)/t26?,27-,28-,30?,35-,39-/m0/s1. The second kappa shape index (κ2) is 21.6. The number of halogens is 2. The minimum atomic E-state index is -1.02. The molecule has 0 aliphatic heterocycles. The molecule has 58 heavy (non-hydrogen) atoms. The first-order valence-electron chi connectivity index (χ1n) is 19.8. The Bertz CT molecular complexity index is 1860. The number of aliphatic hydroxyl groups is 1. The predicted octanol–water partition coefficient (Wildman–Crippen LogP) is 4.30. The molecule has 0 radical (unpaired) electrons. The van der Waals surface area contributed by atoms with Crippen molar-refractivity contribution in [3.63, 3.8) is 0 Å². The van der Waals surface area contributed by atoms with Crippen LogP contribution < -0.4 is 27.4 Å². The maximum Gasteiger partial charge on any atom is 0.248 e. The molecule has 0 bridgehead atoms. The van der Waals surface area contributed by atoms with Gasteiger partial charge in [-0.05, 0) is 81.2 Å². The number of aliphatic hydroxyl groups excluding tert-OH is 1. The largest absolute Gasteiger partial charge is 0.387 e. The molecule has 0 aliphatic rings. The molecule has 3 aromatic rings. The van der Waals surface area contributed by atoms with Crippen LogP contribution in [0.25, 0.3) is 11.1 Å². The van der Waals surface area contributed by atoms with Gasteiger partial charge in [0, 0.05) is 48.6 Å². The lowest BCUT2D eigenvalue weighted by atomic mass is 9.82. The summed E-state index contributed by atoms with van der Waals surface area (Å²) in [4.78, 5) is 64.5. The average Bonchev–Trinajstić information content (AvgIpc) is 3.56. The summed E-state index contributed by atoms with van der Waals surface area (Å²) in [5.41, 5.74) is 13.0. The second-order valence-electron chi connectivity index (χ2n) is 16.1. The number of nitrogens with two attached hydrogens (primary N) is 2. The van der Waals surface area contributed by atoms with Gasteiger partial charge < -0.3 is 42.0 Å². The number of rotatable bonds is 21. The fourth-order valence-electron chi connectivity index (χ4n) is 7.08. The van der Waals surface area contributed by atoms with E-state index in [1.807, 2.05) is 69.5 Å². The van der Waals surface area contributed by atoms with Crippen LogP contribution in [0.3, 0.4) is 0 Å². The van der Waals surface area contributed by atoms with E-state index in [4.69, 9.17) is 11.5 Å². The maximum absolute atomic E-state index is 15.1. The number of nitrogens with zero attached hydrogens (tertiary/aromatic N) is 2. The van der Waals surface area contributed by atoms with Crippen LogP contribution in [-0.2, 0) is 30.5 Å². The molecule has 6 atom stereocenters. The number of hydrogen-bond donors (Lipinski definition) is 6. The van der Waals surface area contributed by atoms with Crippen molar-refractivity contribution in [1.82, 2.24) is 25.4 Å². The summed E-state index contributed by atoms with van der Waals surface area (Å²) >= 11 is 0. The number of aromatic nitrogens is 1. The number of amides is 5. The summed E-state index contributed by atoms with van der Waals surface area (Å²) in [5.74, 6) is -3.75. The van der Waals surface area contributed by atoms with Crippen molar-refractivity contribution in [3.05, 3.63) is 83.7 Å². The predicted molar refractivity (Wildman–Crippen MR) is 219 cm³/mol. The summed E-state index contributed by atoms with van der Waals surface area (Å²) in [6, 6.07) is 10.8. The van der Waals surface area contributed by atoms with Gasteiger partial charge in [-0.2, -0.15) is 0 Å². The van der Waals surface area contributed by atoms with Gasteiger partial charge in [-0.25, -0.2) is 8.78 Å². The van der Waals surface area contributed by atoms with Crippen molar-refractivity contribution in [2.75, 3.05) is 13.2 Å². The zero-order valence-corrected chi connectivity index (χ0v) is 34.7. The fraction of sp³-hybridized carbons (Fsp3) is 0.512. The Labute approximate surface area is 340 Å². The van der Waals surface area contributed by atoms with Gasteiger partial charge in [0.25, 0.3) is 0 Å². The van der Waals surface area contributed by atoms with Crippen LogP contribution in [0.15, 0.2) is 60.8 Å². The van der Waals surface area contributed by atoms with E-state index in [0.29, 0.717) is 37.1 Å². The van der Waals surface area contributed by atoms with Gasteiger partial charge in [0.05, 0.1) is 12.1 Å². The van der Waals surface area contributed by atoms with Crippen molar-refractivity contribution in [2.45, 2.75) is 117 Å². The van der Waals surface area contributed by atoms with Gasteiger partial charge >= 0.3 is 0 Å². The normalized spacial score (nSPS) is 14.7. The second-order valence-corrected chi connectivity index (χ2v) is 16.1. The monoisotopic (exact) mass is 809 g/mol. The van der Waals surface area contributed by atoms with E-state index in [9.17, 15) is 33.5 Å². The maximum atomic E-state index is 15.1. The summed E-state index contributed by atoms with van der Waals surface area (Å²) in [6.07, 6.45) is 3.74. The minimum absolute atomic E-state index is 0.00773. The van der Waals surface area contributed by atoms with Crippen LogP contribution in [0.4, 0.5) is 8.78 Å². The molecule has 2 unspecified atom stereocenters. The number of carbonyl (C=O) groups is 5. The van der Waals surface area contributed by atoms with Crippen molar-refractivity contribution in [3.8, 4) is 11.1 Å². The first-order chi connectivity index (χ1) is 27.3. The molecule has 0 spiro atoms. The quantitative estimate of drug-likeness (QED) is 0.0921. The van der Waals surface area contributed by atoms with E-state index in [1.165, 1.54) is 18.7 Å². The zero-order chi connectivity index (χ0) is 43.3. The van der Waals surface area contributed by atoms with Crippen LogP contribution >= 0.6 is 0 Å². The lowest BCUT2D eigenvalue weighted by Gasteiger charge is -2.41. The van der Waals surface area contributed by atoms with Gasteiger partial charge in [-0.1, -0.05) is 64.4 Å². The minimum Gasteiger partial charge on any atom is -0.387 e. The molecule has 0 fully saturated rings. The van der Waals surface area contributed by atoms with Gasteiger partial charge in [-0.3, -0.25) is 24.0 Å². The Morgan fingerprint density at radius 3 is 2.17 bits per heavy atom.